The Bertz CT molecular complexity index is 1220. The number of hydrogen-bond acceptors (Lipinski definition) is 6. The van der Waals surface area contributed by atoms with E-state index in [1.807, 2.05) is 26.0 Å². The third kappa shape index (κ3) is 4.88. The van der Waals surface area contributed by atoms with Crippen LogP contribution in [0.4, 0.5) is 4.39 Å². The summed E-state index contributed by atoms with van der Waals surface area (Å²) in [6.45, 7) is 6.93. The normalized spacial score (nSPS) is 19.0. The molecule has 1 heterocycles. The van der Waals surface area contributed by atoms with Crippen molar-refractivity contribution >= 4 is 21.9 Å². The van der Waals surface area contributed by atoms with Gasteiger partial charge in [0.05, 0.1) is 24.4 Å². The number of likely N-dealkylation sites (N-methyl/N-ethyl adjacent to an activating group) is 1. The molecule has 8 heteroatoms. The number of carbonyl (C=O) groups is 1. The zero-order valence-corrected chi connectivity index (χ0v) is 20.5. The topological polar surface area (TPSA) is 72.9 Å². The molecule has 0 unspecified atom stereocenters. The summed E-state index contributed by atoms with van der Waals surface area (Å²) in [6, 6.07) is 7.16. The van der Waals surface area contributed by atoms with Crippen LogP contribution in [-0.2, 0) is 20.3 Å². The van der Waals surface area contributed by atoms with Gasteiger partial charge in [0.2, 0.25) is 0 Å². The molecule has 182 valence electrons. The van der Waals surface area contributed by atoms with E-state index < -0.39 is 27.4 Å². The van der Waals surface area contributed by atoms with E-state index in [2.05, 4.69) is 4.90 Å². The number of rotatable bonds is 9. The molecule has 2 aliphatic rings. The number of halogens is 1. The van der Waals surface area contributed by atoms with Gasteiger partial charge in [-0.2, -0.15) is 0 Å². The molecule has 2 atom stereocenters. The maximum Gasteiger partial charge on any atom is 0.341 e. The number of methoxy groups -OCH3 is 1. The van der Waals surface area contributed by atoms with Crippen LogP contribution in [0.3, 0.4) is 0 Å². The molecule has 6 nitrogen and oxygen atoms in total. The molecule has 1 saturated carbocycles. The van der Waals surface area contributed by atoms with Crippen molar-refractivity contribution in [2.45, 2.75) is 36.8 Å². The quantitative estimate of drug-likeness (QED) is 0.385. The van der Waals surface area contributed by atoms with Crippen LogP contribution >= 0.6 is 0 Å². The zero-order chi connectivity index (χ0) is 24.5. The van der Waals surface area contributed by atoms with Crippen molar-refractivity contribution < 1.29 is 27.1 Å². The lowest BCUT2D eigenvalue weighted by molar-refractivity contribution is 0.0594. The molecule has 0 bridgehead atoms. The Labute approximate surface area is 200 Å². The van der Waals surface area contributed by atoms with Gasteiger partial charge in [-0.15, -0.1) is 0 Å². The standard InChI is InChI=1S/C26H30FNO5S/c1-4-28(5-2)12-6-7-17-13-20(27)9-11-23(17)34(30,31)16-18-8-10-21-22-14-19(22)15-33-25(21)24(18)26(29)32-3/h6-11,13,19,22H,4-5,12,14-16H2,1-3H3/b7-6-/t19-,22-/m0/s1. The fourth-order valence-corrected chi connectivity index (χ4v) is 6.13. The molecular formula is C26H30FNO5S. The summed E-state index contributed by atoms with van der Waals surface area (Å²) in [6.07, 6.45) is 4.47. The summed E-state index contributed by atoms with van der Waals surface area (Å²) in [4.78, 5) is 14.8. The number of benzene rings is 2. The van der Waals surface area contributed by atoms with Gasteiger partial charge >= 0.3 is 5.97 Å². The van der Waals surface area contributed by atoms with Crippen molar-refractivity contribution in [3.05, 3.63) is 64.5 Å². The maximum absolute atomic E-state index is 14.0. The second kappa shape index (κ2) is 9.88. The minimum Gasteiger partial charge on any atom is -0.492 e. The third-order valence-corrected chi connectivity index (χ3v) is 8.37. The highest BCUT2D eigenvalue weighted by Crippen LogP contribution is 2.55. The number of ether oxygens (including phenoxy) is 2. The highest BCUT2D eigenvalue weighted by Gasteiger charge is 2.45. The second-order valence-corrected chi connectivity index (χ2v) is 10.7. The Hall–Kier alpha value is -2.71. The molecule has 0 spiro atoms. The van der Waals surface area contributed by atoms with Gasteiger partial charge < -0.3 is 14.4 Å². The van der Waals surface area contributed by atoms with Crippen molar-refractivity contribution in [2.24, 2.45) is 5.92 Å². The van der Waals surface area contributed by atoms with Gasteiger partial charge in [0.15, 0.2) is 9.84 Å². The van der Waals surface area contributed by atoms with E-state index in [1.165, 1.54) is 19.2 Å². The summed E-state index contributed by atoms with van der Waals surface area (Å²) >= 11 is 0. The number of hydrogen-bond donors (Lipinski definition) is 0. The lowest BCUT2D eigenvalue weighted by Crippen LogP contribution is -2.22. The van der Waals surface area contributed by atoms with Crippen molar-refractivity contribution in [3.8, 4) is 5.75 Å². The van der Waals surface area contributed by atoms with Crippen molar-refractivity contribution in [2.75, 3.05) is 33.4 Å². The Morgan fingerprint density at radius 1 is 1.24 bits per heavy atom. The summed E-state index contributed by atoms with van der Waals surface area (Å²) in [7, 11) is -2.65. The van der Waals surface area contributed by atoms with Crippen LogP contribution in [0.1, 0.15) is 53.2 Å². The Morgan fingerprint density at radius 2 is 2.00 bits per heavy atom. The fourth-order valence-electron chi connectivity index (χ4n) is 4.56. The van der Waals surface area contributed by atoms with Gasteiger partial charge in [0, 0.05) is 12.5 Å². The molecular weight excluding hydrogens is 457 g/mol. The van der Waals surface area contributed by atoms with Crippen LogP contribution in [0, 0.1) is 11.7 Å². The van der Waals surface area contributed by atoms with E-state index in [0.29, 0.717) is 36.3 Å². The summed E-state index contributed by atoms with van der Waals surface area (Å²) in [5.41, 5.74) is 1.68. The predicted molar refractivity (Wildman–Crippen MR) is 128 cm³/mol. The molecule has 0 N–H and O–H groups in total. The van der Waals surface area contributed by atoms with Gasteiger partial charge in [-0.05, 0) is 60.3 Å². The molecule has 1 aliphatic carbocycles. The van der Waals surface area contributed by atoms with Crippen molar-refractivity contribution in [3.63, 3.8) is 0 Å². The number of sulfone groups is 1. The van der Waals surface area contributed by atoms with Crippen LogP contribution in [0.2, 0.25) is 0 Å². The molecule has 2 aromatic rings. The van der Waals surface area contributed by atoms with Crippen LogP contribution in [-0.4, -0.2) is 52.6 Å². The van der Waals surface area contributed by atoms with Crippen LogP contribution in [0.5, 0.6) is 5.75 Å². The molecule has 1 fully saturated rings. The lowest BCUT2D eigenvalue weighted by Gasteiger charge is -2.21. The monoisotopic (exact) mass is 487 g/mol. The molecule has 0 saturated heterocycles. The first-order chi connectivity index (χ1) is 16.3. The Kier molecular flexibility index (Phi) is 7.09. The summed E-state index contributed by atoms with van der Waals surface area (Å²) in [5, 5.41) is 0. The summed E-state index contributed by atoms with van der Waals surface area (Å²) < 4.78 is 51.8. The average molecular weight is 488 g/mol. The SMILES string of the molecule is CCN(CC)C/C=C\c1cc(F)ccc1S(=O)(=O)Cc1ccc2c(c1C(=O)OC)OC[C@@H]1C[C@H]21. The van der Waals surface area contributed by atoms with E-state index in [9.17, 15) is 17.6 Å². The molecule has 0 radical (unpaired) electrons. The van der Waals surface area contributed by atoms with Crippen LogP contribution in [0.25, 0.3) is 6.08 Å². The smallest absolute Gasteiger partial charge is 0.341 e. The summed E-state index contributed by atoms with van der Waals surface area (Å²) in [5.74, 6) is -0.339. The molecule has 2 aromatic carbocycles. The highest BCUT2D eigenvalue weighted by molar-refractivity contribution is 7.90. The molecule has 0 amide bonds. The third-order valence-electron chi connectivity index (χ3n) is 6.64. The first-order valence-electron chi connectivity index (χ1n) is 11.6. The van der Waals surface area contributed by atoms with Gasteiger partial charge in [-0.3, -0.25) is 0 Å². The van der Waals surface area contributed by atoms with Gasteiger partial charge in [0.25, 0.3) is 0 Å². The molecule has 0 aromatic heterocycles. The predicted octanol–water partition coefficient (Wildman–Crippen LogP) is 4.44. The Morgan fingerprint density at radius 3 is 2.71 bits per heavy atom. The van der Waals surface area contributed by atoms with E-state index in [-0.39, 0.29) is 16.0 Å². The zero-order valence-electron chi connectivity index (χ0n) is 19.7. The van der Waals surface area contributed by atoms with Crippen LogP contribution in [0.15, 0.2) is 41.3 Å². The van der Waals surface area contributed by atoms with Crippen molar-refractivity contribution in [1.29, 1.82) is 0 Å². The van der Waals surface area contributed by atoms with Gasteiger partial charge in [-0.1, -0.05) is 38.1 Å². The first kappa shape index (κ1) is 24.4. The van der Waals surface area contributed by atoms with Crippen LogP contribution < -0.4 is 4.74 Å². The minimum atomic E-state index is -3.91. The van der Waals surface area contributed by atoms with Gasteiger partial charge in [-0.25, -0.2) is 17.6 Å². The van der Waals surface area contributed by atoms with Crippen molar-refractivity contribution in [1.82, 2.24) is 4.90 Å². The molecule has 34 heavy (non-hydrogen) atoms. The average Bonchev–Trinajstić information content (AvgIpc) is 3.61. The minimum absolute atomic E-state index is 0.0152. The first-order valence-corrected chi connectivity index (χ1v) is 13.2. The second-order valence-electron chi connectivity index (χ2n) is 8.75. The number of fused-ring (bicyclic) bond motifs is 3. The van der Waals surface area contributed by atoms with E-state index in [0.717, 1.165) is 31.1 Å². The molecule has 4 rings (SSSR count). The fraction of sp³-hybridized carbons (Fsp3) is 0.423. The van der Waals surface area contributed by atoms with Gasteiger partial charge in [0.1, 0.15) is 17.1 Å². The Balaban J connectivity index is 1.69. The number of carbonyl (C=O) groups excluding carboxylic acids is 1. The van der Waals surface area contributed by atoms with E-state index in [1.54, 1.807) is 12.1 Å². The van der Waals surface area contributed by atoms with E-state index >= 15 is 0 Å². The highest BCUT2D eigenvalue weighted by atomic mass is 32.2. The lowest BCUT2D eigenvalue weighted by atomic mass is 9.98. The largest absolute Gasteiger partial charge is 0.492 e. The molecule has 1 aliphatic heterocycles. The number of esters is 1. The number of nitrogens with zero attached hydrogens (tertiary/aromatic N) is 1. The van der Waals surface area contributed by atoms with E-state index in [4.69, 9.17) is 9.47 Å². The maximum atomic E-state index is 14.0.